The first-order valence-electron chi connectivity index (χ1n) is 36.0. The summed E-state index contributed by atoms with van der Waals surface area (Å²) in [5, 5.41) is 10.6. The maximum atomic E-state index is 13.0. The van der Waals surface area contributed by atoms with Gasteiger partial charge in [-0.2, -0.15) is 0 Å². The number of aliphatic hydroxyl groups excluding tert-OH is 1. The average molecular weight is 1300 g/mol. The molecule has 6 atom stereocenters. The third-order valence-electron chi connectivity index (χ3n) is 16.3. The maximum Gasteiger partial charge on any atom is 0.472 e. The van der Waals surface area contributed by atoms with Crippen LogP contribution in [0, 0.1) is 11.8 Å². The van der Waals surface area contributed by atoms with E-state index in [9.17, 15) is 43.2 Å². The second-order valence-electron chi connectivity index (χ2n) is 25.6. The first-order valence-corrected chi connectivity index (χ1v) is 39.0. The second kappa shape index (κ2) is 61.3. The molecule has 0 aliphatic heterocycles. The molecule has 0 radical (unpaired) electrons. The molecule has 0 aromatic rings. The number of esters is 4. The van der Waals surface area contributed by atoms with Crippen LogP contribution in [-0.4, -0.2) is 96.7 Å². The third kappa shape index (κ3) is 61.6. The highest BCUT2D eigenvalue weighted by Gasteiger charge is 2.30. The molecule has 0 amide bonds. The lowest BCUT2D eigenvalue weighted by atomic mass is 9.99. The zero-order chi connectivity index (χ0) is 65.0. The van der Waals surface area contributed by atoms with Crippen LogP contribution in [0.5, 0.6) is 0 Å². The Bertz CT molecular complexity index is 1720. The quantitative estimate of drug-likeness (QED) is 0.0222. The van der Waals surface area contributed by atoms with Crippen molar-refractivity contribution in [2.75, 3.05) is 39.6 Å². The molecule has 17 nitrogen and oxygen atoms in total. The normalized spacial score (nSPS) is 14.5. The maximum absolute atomic E-state index is 13.0. The van der Waals surface area contributed by atoms with E-state index in [1.165, 1.54) is 161 Å². The molecular weight excluding hydrogens is 1160 g/mol. The first kappa shape index (κ1) is 86.1. The number of aliphatic hydroxyl groups is 1. The summed E-state index contributed by atoms with van der Waals surface area (Å²) in [6.07, 6.45) is 46.1. The number of phosphoric acid groups is 2. The fourth-order valence-electron chi connectivity index (χ4n) is 10.4. The number of rotatable bonds is 68. The SMILES string of the molecule is CCCCCCCCCCCCCCCCCCCC(=O)O[C@H](COC(=O)CCCCCCCCCCCCC(C)CC)COP(=O)(O)OC[C@@H](O)COP(=O)(O)OC[C@@H](COC(=O)CCCCCCC)OC(=O)CCCCCCCCCCCC(C)C. The van der Waals surface area contributed by atoms with Crippen LogP contribution in [0.3, 0.4) is 0 Å². The lowest BCUT2D eigenvalue weighted by Crippen LogP contribution is -2.30. The van der Waals surface area contributed by atoms with Crippen molar-refractivity contribution in [3.63, 3.8) is 0 Å². The molecule has 0 aromatic heterocycles. The summed E-state index contributed by atoms with van der Waals surface area (Å²) in [4.78, 5) is 72.2. The van der Waals surface area contributed by atoms with Crippen LogP contribution in [0.4, 0.5) is 0 Å². The standard InChI is InChI=1S/C69H134O17P2/c1-7-10-12-14-15-16-17-18-19-20-21-22-23-30-35-41-47-53-68(73)86-65(58-80-67(72)52-46-40-34-29-25-24-28-33-39-44-50-62(6)9-3)60-84-88(77,78)82-56-63(70)55-81-87(75,76)83-59-64(57-79-66(71)51-45-37-13-11-8-2)85-69(74)54-48-42-36-31-26-27-32-38-43-49-61(4)5/h61-65,70H,7-60H2,1-6H3,(H,75,76)(H,77,78)/t62?,63-,64+,65+/m0/s1. The summed E-state index contributed by atoms with van der Waals surface area (Å²) in [5.74, 6) is -0.590. The Morgan fingerprint density at radius 3 is 0.864 bits per heavy atom. The minimum Gasteiger partial charge on any atom is -0.462 e. The van der Waals surface area contributed by atoms with Gasteiger partial charge in [0.15, 0.2) is 12.2 Å². The van der Waals surface area contributed by atoms with Crippen LogP contribution < -0.4 is 0 Å². The molecule has 0 saturated heterocycles. The van der Waals surface area contributed by atoms with E-state index in [4.69, 9.17) is 37.0 Å². The number of unbranched alkanes of at least 4 members (excludes halogenated alkanes) is 37. The van der Waals surface area contributed by atoms with E-state index in [1.807, 2.05) is 0 Å². The summed E-state index contributed by atoms with van der Waals surface area (Å²) in [6, 6.07) is 0. The second-order valence-corrected chi connectivity index (χ2v) is 28.5. The Morgan fingerprint density at radius 1 is 0.330 bits per heavy atom. The Hall–Kier alpha value is -1.94. The molecular formula is C69H134O17P2. The topological polar surface area (TPSA) is 237 Å². The van der Waals surface area contributed by atoms with E-state index in [1.54, 1.807) is 0 Å². The van der Waals surface area contributed by atoms with Crippen molar-refractivity contribution >= 4 is 39.5 Å². The molecule has 19 heteroatoms. The number of hydrogen-bond acceptors (Lipinski definition) is 15. The molecule has 3 unspecified atom stereocenters. The lowest BCUT2D eigenvalue weighted by molar-refractivity contribution is -0.161. The molecule has 0 bridgehead atoms. The summed E-state index contributed by atoms with van der Waals surface area (Å²) in [5.41, 5.74) is 0. The summed E-state index contributed by atoms with van der Waals surface area (Å²) < 4.78 is 68.0. The molecule has 0 spiro atoms. The van der Waals surface area contributed by atoms with E-state index >= 15 is 0 Å². The van der Waals surface area contributed by atoms with Gasteiger partial charge in [-0.15, -0.1) is 0 Å². The zero-order valence-electron chi connectivity index (χ0n) is 57.0. The van der Waals surface area contributed by atoms with Gasteiger partial charge in [-0.05, 0) is 37.5 Å². The minimum absolute atomic E-state index is 0.104. The summed E-state index contributed by atoms with van der Waals surface area (Å²) in [6.45, 7) is 9.46. The van der Waals surface area contributed by atoms with Gasteiger partial charge in [-0.3, -0.25) is 37.3 Å². The summed E-state index contributed by atoms with van der Waals surface area (Å²) in [7, 11) is -9.89. The Balaban J connectivity index is 5.17. The molecule has 0 rings (SSSR count). The molecule has 0 aliphatic carbocycles. The average Bonchev–Trinajstić information content (AvgIpc) is 3.59. The van der Waals surface area contributed by atoms with Crippen LogP contribution >= 0.6 is 15.6 Å². The fraction of sp³-hybridized carbons (Fsp3) is 0.942. The highest BCUT2D eigenvalue weighted by Crippen LogP contribution is 2.45. The highest BCUT2D eigenvalue weighted by molar-refractivity contribution is 7.47. The number of carbonyl (C=O) groups excluding carboxylic acids is 4. The van der Waals surface area contributed by atoms with Crippen molar-refractivity contribution in [2.45, 2.75) is 368 Å². The largest absolute Gasteiger partial charge is 0.472 e. The molecule has 3 N–H and O–H groups in total. The van der Waals surface area contributed by atoms with Gasteiger partial charge >= 0.3 is 39.5 Å². The van der Waals surface area contributed by atoms with E-state index in [0.717, 1.165) is 108 Å². The number of hydrogen-bond donors (Lipinski definition) is 3. The van der Waals surface area contributed by atoms with E-state index < -0.39 is 97.5 Å². The van der Waals surface area contributed by atoms with E-state index in [2.05, 4.69) is 41.5 Å². The predicted octanol–water partition coefficient (Wildman–Crippen LogP) is 19.6. The van der Waals surface area contributed by atoms with Gasteiger partial charge in [-0.1, -0.05) is 298 Å². The minimum atomic E-state index is -4.95. The van der Waals surface area contributed by atoms with Gasteiger partial charge in [0.1, 0.15) is 19.3 Å². The van der Waals surface area contributed by atoms with Crippen LogP contribution in [-0.2, 0) is 65.4 Å². The van der Waals surface area contributed by atoms with Crippen LogP contribution in [0.25, 0.3) is 0 Å². The van der Waals surface area contributed by atoms with Crippen molar-refractivity contribution in [3.05, 3.63) is 0 Å². The Morgan fingerprint density at radius 2 is 0.580 bits per heavy atom. The van der Waals surface area contributed by atoms with Gasteiger partial charge in [0.05, 0.1) is 26.4 Å². The Labute approximate surface area is 537 Å². The van der Waals surface area contributed by atoms with Gasteiger partial charge in [-0.25, -0.2) is 9.13 Å². The van der Waals surface area contributed by atoms with Crippen molar-refractivity contribution in [1.82, 2.24) is 0 Å². The van der Waals surface area contributed by atoms with Crippen LogP contribution in [0.2, 0.25) is 0 Å². The number of ether oxygens (including phenoxy) is 4. The van der Waals surface area contributed by atoms with Gasteiger partial charge in [0.25, 0.3) is 0 Å². The highest BCUT2D eigenvalue weighted by atomic mass is 31.2. The molecule has 522 valence electrons. The van der Waals surface area contributed by atoms with E-state index in [0.29, 0.717) is 25.7 Å². The predicted molar refractivity (Wildman–Crippen MR) is 354 cm³/mol. The van der Waals surface area contributed by atoms with E-state index in [-0.39, 0.29) is 25.7 Å². The summed E-state index contributed by atoms with van der Waals surface area (Å²) >= 11 is 0. The molecule has 0 aromatic carbocycles. The molecule has 0 heterocycles. The van der Waals surface area contributed by atoms with Crippen molar-refractivity contribution in [1.29, 1.82) is 0 Å². The van der Waals surface area contributed by atoms with Gasteiger partial charge in [0.2, 0.25) is 0 Å². The van der Waals surface area contributed by atoms with Gasteiger partial charge in [0, 0.05) is 25.7 Å². The lowest BCUT2D eigenvalue weighted by Gasteiger charge is -2.21. The van der Waals surface area contributed by atoms with Crippen molar-refractivity contribution in [3.8, 4) is 0 Å². The fourth-order valence-corrected chi connectivity index (χ4v) is 12.0. The molecule has 0 fully saturated rings. The molecule has 0 aliphatic rings. The molecule has 88 heavy (non-hydrogen) atoms. The number of phosphoric ester groups is 2. The van der Waals surface area contributed by atoms with Crippen molar-refractivity contribution in [2.24, 2.45) is 11.8 Å². The van der Waals surface area contributed by atoms with Gasteiger partial charge < -0.3 is 33.8 Å². The Kier molecular flexibility index (Phi) is 59.9. The molecule has 0 saturated carbocycles. The first-order chi connectivity index (χ1) is 42.4. The van der Waals surface area contributed by atoms with Crippen LogP contribution in [0.15, 0.2) is 0 Å². The van der Waals surface area contributed by atoms with Crippen LogP contribution in [0.1, 0.15) is 350 Å². The smallest absolute Gasteiger partial charge is 0.462 e. The third-order valence-corrected chi connectivity index (χ3v) is 18.2. The zero-order valence-corrected chi connectivity index (χ0v) is 58.8. The monoisotopic (exact) mass is 1300 g/mol. The van der Waals surface area contributed by atoms with Crippen molar-refractivity contribution < 1.29 is 80.2 Å². The number of carbonyl (C=O) groups is 4.